The highest BCUT2D eigenvalue weighted by atomic mass is 32.2. The number of sulfonamides is 1. The molecule has 0 radical (unpaired) electrons. The van der Waals surface area contributed by atoms with Crippen LogP contribution < -0.4 is 9.62 Å². The van der Waals surface area contributed by atoms with E-state index < -0.39 is 28.4 Å². The summed E-state index contributed by atoms with van der Waals surface area (Å²) >= 11 is 0. The highest BCUT2D eigenvalue weighted by Crippen LogP contribution is 2.22. The van der Waals surface area contributed by atoms with Crippen LogP contribution in [-0.2, 0) is 19.6 Å². The van der Waals surface area contributed by atoms with Gasteiger partial charge in [-0.25, -0.2) is 13.2 Å². The molecule has 0 aliphatic carbocycles. The van der Waals surface area contributed by atoms with Gasteiger partial charge < -0.3 is 10.1 Å². The second kappa shape index (κ2) is 8.88. The van der Waals surface area contributed by atoms with E-state index in [1.54, 1.807) is 43.3 Å². The first kappa shape index (κ1) is 21.4. The van der Waals surface area contributed by atoms with Crippen LogP contribution in [0.1, 0.15) is 28.4 Å². The maximum absolute atomic E-state index is 12.6. The molecule has 28 heavy (non-hydrogen) atoms. The monoisotopic (exact) mass is 404 g/mol. The molecule has 0 heterocycles. The number of carbonyl (C=O) groups is 2. The number of benzene rings is 2. The van der Waals surface area contributed by atoms with Gasteiger partial charge in [0.05, 0.1) is 29.8 Å². The number of para-hydroxylation sites is 1. The first-order chi connectivity index (χ1) is 13.1. The van der Waals surface area contributed by atoms with Crippen molar-refractivity contribution in [1.29, 1.82) is 0 Å². The molecule has 0 unspecified atom stereocenters. The van der Waals surface area contributed by atoms with Gasteiger partial charge in [0, 0.05) is 0 Å². The molecular weight excluding hydrogens is 380 g/mol. The lowest BCUT2D eigenvalue weighted by atomic mass is 10.1. The summed E-state index contributed by atoms with van der Waals surface area (Å²) in [4.78, 5) is 24.6. The van der Waals surface area contributed by atoms with Crippen LogP contribution in [0.2, 0.25) is 0 Å². The second-order valence-corrected chi connectivity index (χ2v) is 8.26. The Bertz CT molecular complexity index is 986. The van der Waals surface area contributed by atoms with E-state index in [4.69, 9.17) is 4.74 Å². The predicted octanol–water partition coefficient (Wildman–Crippen LogP) is 2.88. The molecule has 0 saturated heterocycles. The maximum atomic E-state index is 12.6. The van der Waals surface area contributed by atoms with E-state index in [9.17, 15) is 18.0 Å². The third-order valence-electron chi connectivity index (χ3n) is 4.16. The van der Waals surface area contributed by atoms with Gasteiger partial charge in [-0.3, -0.25) is 9.10 Å². The Balaban J connectivity index is 2.26. The number of aryl methyl sites for hydroxylation is 2. The molecule has 1 N–H and O–H groups in total. The minimum absolute atomic E-state index is 0.204. The van der Waals surface area contributed by atoms with Crippen molar-refractivity contribution in [3.8, 4) is 0 Å². The van der Waals surface area contributed by atoms with Crippen LogP contribution >= 0.6 is 0 Å². The van der Waals surface area contributed by atoms with Crippen LogP contribution in [-0.4, -0.2) is 39.7 Å². The number of hydrogen-bond donors (Lipinski definition) is 1. The van der Waals surface area contributed by atoms with Crippen LogP contribution in [0.25, 0.3) is 0 Å². The summed E-state index contributed by atoms with van der Waals surface area (Å²) in [6.45, 7) is 5.26. The minimum atomic E-state index is -3.69. The number of rotatable bonds is 7. The fraction of sp³-hybridized carbons (Fsp3) is 0.300. The number of nitrogens with one attached hydrogen (secondary N) is 1. The fourth-order valence-corrected chi connectivity index (χ4v) is 3.43. The predicted molar refractivity (Wildman–Crippen MR) is 109 cm³/mol. The molecule has 8 heteroatoms. The Kier molecular flexibility index (Phi) is 6.80. The highest BCUT2D eigenvalue weighted by molar-refractivity contribution is 7.92. The van der Waals surface area contributed by atoms with Gasteiger partial charge in [-0.1, -0.05) is 18.2 Å². The number of carbonyl (C=O) groups excluding carboxylic acids is 2. The van der Waals surface area contributed by atoms with Gasteiger partial charge in [-0.2, -0.15) is 0 Å². The van der Waals surface area contributed by atoms with E-state index in [-0.39, 0.29) is 17.9 Å². The molecule has 7 nitrogen and oxygen atoms in total. The Morgan fingerprint density at radius 3 is 2.36 bits per heavy atom. The number of anilines is 2. The largest absolute Gasteiger partial charge is 0.462 e. The summed E-state index contributed by atoms with van der Waals surface area (Å²) in [5, 5.41) is 2.60. The minimum Gasteiger partial charge on any atom is -0.462 e. The molecule has 0 saturated carbocycles. The van der Waals surface area contributed by atoms with Crippen molar-refractivity contribution in [2.45, 2.75) is 20.8 Å². The first-order valence-electron chi connectivity index (χ1n) is 8.74. The summed E-state index contributed by atoms with van der Waals surface area (Å²) in [5.41, 5.74) is 2.80. The molecule has 0 aliphatic rings. The quantitative estimate of drug-likeness (QED) is 0.717. The van der Waals surface area contributed by atoms with Gasteiger partial charge in [0.25, 0.3) is 0 Å². The van der Waals surface area contributed by atoms with Crippen molar-refractivity contribution in [2.24, 2.45) is 0 Å². The van der Waals surface area contributed by atoms with Gasteiger partial charge in [-0.15, -0.1) is 0 Å². The van der Waals surface area contributed by atoms with Crippen LogP contribution in [0.3, 0.4) is 0 Å². The molecule has 0 atom stereocenters. The van der Waals surface area contributed by atoms with Crippen molar-refractivity contribution < 1.29 is 22.7 Å². The van der Waals surface area contributed by atoms with Crippen LogP contribution in [0.5, 0.6) is 0 Å². The molecule has 1 amide bonds. The maximum Gasteiger partial charge on any atom is 0.340 e. The van der Waals surface area contributed by atoms with Gasteiger partial charge in [0.2, 0.25) is 15.9 Å². The van der Waals surface area contributed by atoms with Gasteiger partial charge in [-0.05, 0) is 56.2 Å². The average Bonchev–Trinajstić information content (AvgIpc) is 2.62. The third kappa shape index (κ3) is 5.32. The molecule has 0 fully saturated rings. The molecule has 0 spiro atoms. The van der Waals surface area contributed by atoms with Crippen LogP contribution in [0.15, 0.2) is 42.5 Å². The smallest absolute Gasteiger partial charge is 0.340 e. The summed E-state index contributed by atoms with van der Waals surface area (Å²) in [6, 6.07) is 11.6. The zero-order valence-corrected chi connectivity index (χ0v) is 17.2. The van der Waals surface area contributed by atoms with E-state index in [0.29, 0.717) is 5.69 Å². The summed E-state index contributed by atoms with van der Waals surface area (Å²) in [6.07, 6.45) is 1.04. The number of amides is 1. The Morgan fingerprint density at radius 2 is 1.75 bits per heavy atom. The lowest BCUT2D eigenvalue weighted by Gasteiger charge is -2.23. The van der Waals surface area contributed by atoms with E-state index in [1.165, 1.54) is 6.07 Å². The van der Waals surface area contributed by atoms with E-state index in [2.05, 4.69) is 5.32 Å². The third-order valence-corrected chi connectivity index (χ3v) is 5.30. The summed E-state index contributed by atoms with van der Waals surface area (Å²) < 4.78 is 30.5. The number of hydrogen-bond acceptors (Lipinski definition) is 5. The van der Waals surface area contributed by atoms with Crippen molar-refractivity contribution in [3.05, 3.63) is 59.2 Å². The summed E-state index contributed by atoms with van der Waals surface area (Å²) in [7, 11) is -3.69. The normalized spacial score (nSPS) is 11.0. The standard InChI is InChI=1S/C20H24N2O5S/c1-5-27-20(24)17-8-6-7-9-18(17)21-19(23)13-22(28(4,25)26)16-11-10-14(2)15(3)12-16/h6-12H,5,13H2,1-4H3,(H,21,23). The number of esters is 1. The van der Waals surface area contributed by atoms with Gasteiger partial charge in [0.1, 0.15) is 6.54 Å². The first-order valence-corrected chi connectivity index (χ1v) is 10.6. The fourth-order valence-electron chi connectivity index (χ4n) is 2.58. The Labute approximate surface area is 165 Å². The zero-order chi connectivity index (χ0) is 20.9. The van der Waals surface area contributed by atoms with Crippen LogP contribution in [0, 0.1) is 13.8 Å². The molecule has 2 rings (SSSR count). The molecule has 150 valence electrons. The van der Waals surface area contributed by atoms with Crippen molar-refractivity contribution in [1.82, 2.24) is 0 Å². The van der Waals surface area contributed by atoms with E-state index >= 15 is 0 Å². The molecule has 0 aromatic heterocycles. The topological polar surface area (TPSA) is 92.8 Å². The SMILES string of the molecule is CCOC(=O)c1ccccc1NC(=O)CN(c1ccc(C)c(C)c1)S(C)(=O)=O. The molecule has 2 aromatic carbocycles. The lowest BCUT2D eigenvalue weighted by Crippen LogP contribution is -2.37. The number of nitrogens with zero attached hydrogens (tertiary/aromatic N) is 1. The second-order valence-electron chi connectivity index (χ2n) is 6.35. The molecule has 2 aromatic rings. The highest BCUT2D eigenvalue weighted by Gasteiger charge is 2.22. The van der Waals surface area contributed by atoms with Crippen LogP contribution in [0.4, 0.5) is 11.4 Å². The summed E-state index contributed by atoms with van der Waals surface area (Å²) in [5.74, 6) is -1.13. The molecule has 0 bridgehead atoms. The molecule has 0 aliphatic heterocycles. The van der Waals surface area contributed by atoms with Gasteiger partial charge in [0.15, 0.2) is 0 Å². The lowest BCUT2D eigenvalue weighted by molar-refractivity contribution is -0.114. The van der Waals surface area contributed by atoms with Gasteiger partial charge >= 0.3 is 5.97 Å². The van der Waals surface area contributed by atoms with Crippen molar-refractivity contribution in [2.75, 3.05) is 29.0 Å². The zero-order valence-electron chi connectivity index (χ0n) is 16.4. The Morgan fingerprint density at radius 1 is 1.07 bits per heavy atom. The number of ether oxygens (including phenoxy) is 1. The van der Waals surface area contributed by atoms with E-state index in [0.717, 1.165) is 21.7 Å². The van der Waals surface area contributed by atoms with Crippen molar-refractivity contribution in [3.63, 3.8) is 0 Å². The molecular formula is C20H24N2O5S. The average molecular weight is 404 g/mol. The van der Waals surface area contributed by atoms with Crippen molar-refractivity contribution >= 4 is 33.3 Å². The Hall–Kier alpha value is -2.87. The van der Waals surface area contributed by atoms with E-state index in [1.807, 2.05) is 13.8 Å².